The zero-order chi connectivity index (χ0) is 27.1. The molecule has 0 radical (unpaired) electrons. The highest BCUT2D eigenvalue weighted by Gasteiger charge is 2.30. The van der Waals surface area contributed by atoms with E-state index in [1.165, 1.54) is 23.9 Å². The maximum atomic E-state index is 13.1. The van der Waals surface area contributed by atoms with Gasteiger partial charge in [0.15, 0.2) is 5.17 Å². The molecule has 0 spiro atoms. The quantitative estimate of drug-likeness (QED) is 0.187. The average Bonchev–Trinajstić information content (AvgIpc) is 2.90. The molecule has 0 aliphatic heterocycles. The van der Waals surface area contributed by atoms with Crippen LogP contribution in [-0.4, -0.2) is 28.8 Å². The van der Waals surface area contributed by atoms with E-state index in [1.54, 1.807) is 19.2 Å². The average molecular weight is 539 g/mol. The fraction of sp³-hybridized carbons (Fsp3) is 0.233. The van der Waals surface area contributed by atoms with Crippen LogP contribution >= 0.6 is 11.8 Å². The number of allylic oxidation sites excluding steroid dienone is 2. The van der Waals surface area contributed by atoms with Crippen LogP contribution in [0.2, 0.25) is 0 Å². The zero-order valence-corrected chi connectivity index (χ0v) is 22.0. The predicted octanol–water partition coefficient (Wildman–Crippen LogP) is 8.22. The van der Waals surface area contributed by atoms with Crippen molar-refractivity contribution in [2.24, 2.45) is 10.9 Å². The molecule has 198 valence electrons. The van der Waals surface area contributed by atoms with E-state index in [2.05, 4.69) is 30.1 Å². The van der Waals surface area contributed by atoms with Crippen molar-refractivity contribution < 1.29 is 23.0 Å². The van der Waals surface area contributed by atoms with Gasteiger partial charge in [0, 0.05) is 18.0 Å². The molecule has 0 amide bonds. The van der Waals surface area contributed by atoms with Gasteiger partial charge >= 0.3 is 6.18 Å². The summed E-state index contributed by atoms with van der Waals surface area (Å²) in [6.07, 6.45) is 3.02. The smallest absolute Gasteiger partial charge is 0.416 e. The first-order chi connectivity index (χ1) is 18.2. The molecule has 0 aromatic heterocycles. The van der Waals surface area contributed by atoms with E-state index in [4.69, 9.17) is 9.73 Å². The van der Waals surface area contributed by atoms with Crippen molar-refractivity contribution in [1.82, 2.24) is 4.90 Å². The van der Waals surface area contributed by atoms with Crippen molar-refractivity contribution in [2.45, 2.75) is 31.0 Å². The van der Waals surface area contributed by atoms with Crippen LogP contribution < -0.4 is 4.74 Å². The van der Waals surface area contributed by atoms with Gasteiger partial charge in [0.1, 0.15) is 11.5 Å². The molecule has 3 aromatic rings. The number of aliphatic imine (C=N–C) groups is 1. The van der Waals surface area contributed by atoms with Crippen LogP contribution in [0.15, 0.2) is 106 Å². The van der Waals surface area contributed by atoms with Gasteiger partial charge in [0.25, 0.3) is 0 Å². The number of aromatic hydroxyl groups is 1. The summed E-state index contributed by atoms with van der Waals surface area (Å²) < 4.78 is 44.8. The van der Waals surface area contributed by atoms with Crippen molar-refractivity contribution in [2.75, 3.05) is 13.7 Å². The minimum absolute atomic E-state index is 0.177. The first-order valence-corrected chi connectivity index (χ1v) is 13.0. The third-order valence-corrected chi connectivity index (χ3v) is 7.04. The lowest BCUT2D eigenvalue weighted by Gasteiger charge is -2.28. The molecule has 0 saturated carbocycles. The van der Waals surface area contributed by atoms with Gasteiger partial charge in [-0.25, -0.2) is 4.99 Å². The minimum Gasteiger partial charge on any atom is -0.508 e. The Labute approximate surface area is 225 Å². The van der Waals surface area contributed by atoms with E-state index in [0.29, 0.717) is 35.6 Å². The first kappa shape index (κ1) is 27.4. The van der Waals surface area contributed by atoms with Gasteiger partial charge in [0.05, 0.1) is 18.4 Å². The number of nitrogens with zero attached hydrogens (tertiary/aromatic N) is 2. The largest absolute Gasteiger partial charge is 0.508 e. The Hall–Kier alpha value is -3.65. The molecular formula is C30H29F3N2O2S. The summed E-state index contributed by atoms with van der Waals surface area (Å²) in [5, 5.41) is 10.4. The third-order valence-electron chi connectivity index (χ3n) is 6.01. The lowest BCUT2D eigenvalue weighted by Crippen LogP contribution is -2.30. The zero-order valence-electron chi connectivity index (χ0n) is 21.2. The van der Waals surface area contributed by atoms with Gasteiger partial charge in [-0.05, 0) is 78.1 Å². The molecule has 1 N–H and O–H groups in total. The number of phenols is 1. The Morgan fingerprint density at radius 1 is 1.05 bits per heavy atom. The van der Waals surface area contributed by atoms with E-state index >= 15 is 0 Å². The number of alkyl halides is 3. The van der Waals surface area contributed by atoms with E-state index in [0.717, 1.165) is 34.6 Å². The lowest BCUT2D eigenvalue weighted by atomic mass is 9.98. The molecule has 3 aromatic carbocycles. The molecule has 0 bridgehead atoms. The molecule has 4 nitrogen and oxygen atoms in total. The highest BCUT2D eigenvalue weighted by Crippen LogP contribution is 2.33. The number of ether oxygens (including phenoxy) is 1. The number of amidine groups is 1. The van der Waals surface area contributed by atoms with Gasteiger partial charge in [-0.2, -0.15) is 13.2 Å². The first-order valence-electron chi connectivity index (χ1n) is 12.2. The van der Waals surface area contributed by atoms with Gasteiger partial charge in [0.2, 0.25) is 0 Å². The second kappa shape index (κ2) is 12.3. The molecule has 0 fully saturated rings. The second-order valence-electron chi connectivity index (χ2n) is 9.09. The van der Waals surface area contributed by atoms with E-state index in [9.17, 15) is 18.3 Å². The predicted molar refractivity (Wildman–Crippen MR) is 147 cm³/mol. The number of thioether (sulfide) groups is 1. The molecule has 1 atom stereocenters. The Balaban J connectivity index is 1.74. The summed E-state index contributed by atoms with van der Waals surface area (Å²) in [4.78, 5) is 7.80. The fourth-order valence-electron chi connectivity index (χ4n) is 3.89. The number of halogens is 3. The molecule has 1 aliphatic carbocycles. The maximum Gasteiger partial charge on any atom is 0.416 e. The van der Waals surface area contributed by atoms with Crippen molar-refractivity contribution in [3.8, 4) is 11.5 Å². The van der Waals surface area contributed by atoms with Crippen molar-refractivity contribution in [3.63, 3.8) is 0 Å². The molecule has 1 unspecified atom stereocenters. The van der Waals surface area contributed by atoms with Crippen LogP contribution in [0, 0.1) is 5.92 Å². The van der Waals surface area contributed by atoms with E-state index in [-0.39, 0.29) is 5.75 Å². The monoisotopic (exact) mass is 538 g/mol. The highest BCUT2D eigenvalue weighted by molar-refractivity contribution is 8.13. The molecule has 0 saturated heterocycles. The summed E-state index contributed by atoms with van der Waals surface area (Å²) in [7, 11) is 1.60. The van der Waals surface area contributed by atoms with Crippen LogP contribution in [0.4, 0.5) is 18.9 Å². The topological polar surface area (TPSA) is 45.1 Å². The Morgan fingerprint density at radius 3 is 2.42 bits per heavy atom. The fourth-order valence-corrected chi connectivity index (χ4v) is 4.83. The van der Waals surface area contributed by atoms with Crippen LogP contribution in [0.3, 0.4) is 0 Å². The normalized spacial score (nSPS) is 15.8. The standard InChI is InChI=1S/C30H29F3N2O2S/c1-21-6-8-22(9-7-21)19-35(20-23-10-16-26(36)17-11-23)29(38-28-5-3-4-27(18-28)37-2)34-25-14-12-24(13-15-25)30(31,32)33/h3-6,8-18,21,36H,7,19-20H2,1-2H3. The summed E-state index contributed by atoms with van der Waals surface area (Å²) in [6.45, 7) is 3.20. The third kappa shape index (κ3) is 7.68. The highest BCUT2D eigenvalue weighted by atomic mass is 32.2. The molecule has 38 heavy (non-hydrogen) atoms. The minimum atomic E-state index is -4.41. The van der Waals surface area contributed by atoms with Gasteiger partial charge in [-0.1, -0.05) is 55.1 Å². The molecular weight excluding hydrogens is 509 g/mol. The molecule has 4 rings (SSSR count). The van der Waals surface area contributed by atoms with E-state index < -0.39 is 11.7 Å². The second-order valence-corrected chi connectivity index (χ2v) is 10.1. The maximum absolute atomic E-state index is 13.1. The van der Waals surface area contributed by atoms with Crippen LogP contribution in [-0.2, 0) is 12.7 Å². The van der Waals surface area contributed by atoms with Crippen LogP contribution in [0.1, 0.15) is 24.5 Å². The molecule has 8 heteroatoms. The summed E-state index contributed by atoms with van der Waals surface area (Å²) in [5.41, 5.74) is 1.79. The number of methoxy groups -OCH3 is 1. The van der Waals surface area contributed by atoms with Crippen molar-refractivity contribution in [3.05, 3.63) is 108 Å². The SMILES string of the molecule is COc1cccc(SC(=Nc2ccc(C(F)(F)F)cc2)N(CC2=CCC(C)C=C2)Cc2ccc(O)cc2)c1. The molecule has 0 heterocycles. The number of phenolic OH excluding ortho intramolecular Hbond substituents is 1. The van der Waals surface area contributed by atoms with Crippen LogP contribution in [0.5, 0.6) is 11.5 Å². The lowest BCUT2D eigenvalue weighted by molar-refractivity contribution is -0.137. The Kier molecular flexibility index (Phi) is 8.84. The van der Waals surface area contributed by atoms with Gasteiger partial charge in [-0.15, -0.1) is 0 Å². The number of hydrogen-bond acceptors (Lipinski definition) is 4. The van der Waals surface area contributed by atoms with Crippen molar-refractivity contribution in [1.29, 1.82) is 0 Å². The summed E-state index contributed by atoms with van der Waals surface area (Å²) in [6, 6.07) is 19.4. The summed E-state index contributed by atoms with van der Waals surface area (Å²) >= 11 is 1.42. The van der Waals surface area contributed by atoms with Gasteiger partial charge in [-0.3, -0.25) is 0 Å². The van der Waals surface area contributed by atoms with Crippen molar-refractivity contribution >= 4 is 22.6 Å². The summed E-state index contributed by atoms with van der Waals surface area (Å²) in [5.74, 6) is 1.34. The van der Waals surface area contributed by atoms with Crippen LogP contribution in [0.25, 0.3) is 0 Å². The number of rotatable bonds is 7. The number of hydrogen-bond donors (Lipinski definition) is 1. The number of benzene rings is 3. The Bertz CT molecular complexity index is 1320. The molecule has 1 aliphatic rings. The van der Waals surface area contributed by atoms with E-state index in [1.807, 2.05) is 36.4 Å². The van der Waals surface area contributed by atoms with Gasteiger partial charge < -0.3 is 14.7 Å². The Morgan fingerprint density at radius 2 is 1.79 bits per heavy atom.